The van der Waals surface area contributed by atoms with Crippen LogP contribution in [0.5, 0.6) is 0 Å². The van der Waals surface area contributed by atoms with Crippen LogP contribution in [0.4, 0.5) is 0 Å². The Morgan fingerprint density at radius 3 is 2.58 bits per heavy atom. The molecule has 65 valence electrons. The van der Waals surface area contributed by atoms with Crippen molar-refractivity contribution in [2.24, 2.45) is 11.5 Å². The third kappa shape index (κ3) is 2.32. The van der Waals surface area contributed by atoms with Crippen molar-refractivity contribution in [1.29, 1.82) is 0 Å². The van der Waals surface area contributed by atoms with Gasteiger partial charge in [-0.15, -0.1) is 0 Å². The van der Waals surface area contributed by atoms with Crippen LogP contribution >= 0.6 is 0 Å². The maximum Gasteiger partial charge on any atom is -0.00364 e. The third-order valence-electron chi connectivity index (χ3n) is 1.85. The number of nitrogens with two attached hydrogens (primary N) is 2. The van der Waals surface area contributed by atoms with E-state index >= 15 is 0 Å². The smallest absolute Gasteiger partial charge is 0.00364 e. The molecule has 0 bridgehead atoms. The number of hydrogen-bond donors (Lipinski definition) is 2. The first-order valence-electron chi connectivity index (χ1n) is 4.27. The third-order valence-corrected chi connectivity index (χ3v) is 1.85. The standard InChI is InChI=1S/C10H15N2/c11-7-5-9-3-1-2-4-10(9)6-8-12/h1-3H,5-8,11-12H2. The molecule has 0 fully saturated rings. The van der Waals surface area contributed by atoms with Gasteiger partial charge in [-0.1, -0.05) is 18.2 Å². The van der Waals surface area contributed by atoms with Crippen molar-refractivity contribution < 1.29 is 0 Å². The van der Waals surface area contributed by atoms with Crippen LogP contribution < -0.4 is 11.5 Å². The average Bonchev–Trinajstić information content (AvgIpc) is 2.09. The summed E-state index contributed by atoms with van der Waals surface area (Å²) in [7, 11) is 0. The molecule has 4 N–H and O–H groups in total. The first kappa shape index (κ1) is 9.23. The van der Waals surface area contributed by atoms with E-state index in [1.165, 1.54) is 11.1 Å². The van der Waals surface area contributed by atoms with E-state index < -0.39 is 0 Å². The second-order valence-corrected chi connectivity index (χ2v) is 2.75. The van der Waals surface area contributed by atoms with E-state index in [0.29, 0.717) is 13.1 Å². The van der Waals surface area contributed by atoms with E-state index in [4.69, 9.17) is 11.5 Å². The predicted molar refractivity (Wildman–Crippen MR) is 50.8 cm³/mol. The minimum Gasteiger partial charge on any atom is -0.330 e. The number of benzene rings is 1. The summed E-state index contributed by atoms with van der Waals surface area (Å²) in [6.07, 6.45) is 1.82. The zero-order valence-electron chi connectivity index (χ0n) is 7.22. The van der Waals surface area contributed by atoms with Gasteiger partial charge in [0.05, 0.1) is 0 Å². The molecule has 0 aromatic heterocycles. The summed E-state index contributed by atoms with van der Waals surface area (Å²) in [6.45, 7) is 1.37. The molecule has 0 aliphatic heterocycles. The summed E-state index contributed by atoms with van der Waals surface area (Å²) in [5.74, 6) is 0. The van der Waals surface area contributed by atoms with Gasteiger partial charge in [-0.05, 0) is 43.1 Å². The Bertz CT molecular complexity index is 208. The lowest BCUT2D eigenvalue weighted by Gasteiger charge is -2.05. The Hall–Kier alpha value is -0.860. The quantitative estimate of drug-likeness (QED) is 0.678. The maximum absolute atomic E-state index is 5.48. The lowest BCUT2D eigenvalue weighted by molar-refractivity contribution is 0.904. The fraction of sp³-hybridized carbons (Fsp3) is 0.400. The molecule has 2 heteroatoms. The van der Waals surface area contributed by atoms with E-state index in [9.17, 15) is 0 Å². The monoisotopic (exact) mass is 163 g/mol. The molecular weight excluding hydrogens is 148 g/mol. The van der Waals surface area contributed by atoms with Crippen LogP contribution in [0.15, 0.2) is 18.2 Å². The molecule has 0 spiro atoms. The predicted octanol–water partition coefficient (Wildman–Crippen LogP) is 0.489. The minimum absolute atomic E-state index is 0.679. The molecule has 0 heterocycles. The van der Waals surface area contributed by atoms with Crippen LogP contribution in [-0.2, 0) is 12.8 Å². The molecule has 0 saturated carbocycles. The molecule has 1 aromatic carbocycles. The van der Waals surface area contributed by atoms with Crippen molar-refractivity contribution in [1.82, 2.24) is 0 Å². The summed E-state index contributed by atoms with van der Waals surface area (Å²) < 4.78 is 0. The Morgan fingerprint density at radius 1 is 1.17 bits per heavy atom. The molecule has 0 aliphatic carbocycles. The Balaban J connectivity index is 2.77. The van der Waals surface area contributed by atoms with Crippen LogP contribution in [0.2, 0.25) is 0 Å². The second kappa shape index (κ2) is 4.91. The van der Waals surface area contributed by atoms with E-state index in [0.717, 1.165) is 12.8 Å². The summed E-state index contributed by atoms with van der Waals surface area (Å²) >= 11 is 0. The van der Waals surface area contributed by atoms with Crippen LogP contribution in [0.3, 0.4) is 0 Å². The van der Waals surface area contributed by atoms with E-state index in [-0.39, 0.29) is 0 Å². The normalized spacial score (nSPS) is 10.2. The van der Waals surface area contributed by atoms with Gasteiger partial charge in [0.25, 0.3) is 0 Å². The van der Waals surface area contributed by atoms with Crippen LogP contribution in [-0.4, -0.2) is 13.1 Å². The highest BCUT2D eigenvalue weighted by Gasteiger charge is 1.98. The topological polar surface area (TPSA) is 52.0 Å². The van der Waals surface area contributed by atoms with Crippen molar-refractivity contribution in [2.45, 2.75) is 12.8 Å². The Morgan fingerprint density at radius 2 is 1.92 bits per heavy atom. The molecule has 1 rings (SSSR count). The Kier molecular flexibility index (Phi) is 3.77. The van der Waals surface area contributed by atoms with Gasteiger partial charge in [0.1, 0.15) is 0 Å². The molecule has 2 nitrogen and oxygen atoms in total. The molecule has 0 saturated heterocycles. The fourth-order valence-corrected chi connectivity index (χ4v) is 1.27. The van der Waals surface area contributed by atoms with Crippen molar-refractivity contribution in [3.63, 3.8) is 0 Å². The molecular formula is C10H15N2. The van der Waals surface area contributed by atoms with Crippen LogP contribution in [0.25, 0.3) is 0 Å². The fourth-order valence-electron chi connectivity index (χ4n) is 1.27. The molecule has 12 heavy (non-hydrogen) atoms. The van der Waals surface area contributed by atoms with Crippen molar-refractivity contribution in [3.05, 3.63) is 35.4 Å². The molecule has 1 aromatic rings. The van der Waals surface area contributed by atoms with Gasteiger partial charge >= 0.3 is 0 Å². The van der Waals surface area contributed by atoms with Gasteiger partial charge in [-0.2, -0.15) is 0 Å². The molecule has 0 atom stereocenters. The number of hydrogen-bond acceptors (Lipinski definition) is 2. The minimum atomic E-state index is 0.679. The van der Waals surface area contributed by atoms with Gasteiger partial charge in [-0.25, -0.2) is 0 Å². The molecule has 0 aliphatic rings. The summed E-state index contributed by atoms with van der Waals surface area (Å²) in [5.41, 5.74) is 13.5. The highest BCUT2D eigenvalue weighted by atomic mass is 14.5. The SMILES string of the molecule is NCCc1[c]cccc1CCN. The van der Waals surface area contributed by atoms with Crippen molar-refractivity contribution >= 4 is 0 Å². The molecule has 0 amide bonds. The maximum atomic E-state index is 5.48. The number of rotatable bonds is 4. The second-order valence-electron chi connectivity index (χ2n) is 2.75. The van der Waals surface area contributed by atoms with Gasteiger partial charge < -0.3 is 11.5 Å². The molecule has 0 unspecified atom stereocenters. The van der Waals surface area contributed by atoms with E-state index in [1.807, 2.05) is 12.1 Å². The van der Waals surface area contributed by atoms with Gasteiger partial charge in [0.2, 0.25) is 0 Å². The zero-order valence-corrected chi connectivity index (χ0v) is 7.22. The van der Waals surface area contributed by atoms with Crippen molar-refractivity contribution in [3.8, 4) is 0 Å². The van der Waals surface area contributed by atoms with Crippen LogP contribution in [0.1, 0.15) is 11.1 Å². The van der Waals surface area contributed by atoms with Gasteiger partial charge in [0.15, 0.2) is 0 Å². The van der Waals surface area contributed by atoms with E-state index in [2.05, 4.69) is 12.1 Å². The summed E-state index contributed by atoms with van der Waals surface area (Å²) in [5, 5.41) is 0. The Labute approximate surface area is 73.6 Å². The van der Waals surface area contributed by atoms with E-state index in [1.54, 1.807) is 0 Å². The largest absolute Gasteiger partial charge is 0.330 e. The first-order chi connectivity index (χ1) is 5.88. The van der Waals surface area contributed by atoms with Gasteiger partial charge in [-0.3, -0.25) is 0 Å². The average molecular weight is 163 g/mol. The van der Waals surface area contributed by atoms with Gasteiger partial charge in [0, 0.05) is 0 Å². The highest BCUT2D eigenvalue weighted by molar-refractivity contribution is 5.26. The highest BCUT2D eigenvalue weighted by Crippen LogP contribution is 2.08. The summed E-state index contributed by atoms with van der Waals surface area (Å²) in [4.78, 5) is 0. The van der Waals surface area contributed by atoms with Crippen molar-refractivity contribution in [2.75, 3.05) is 13.1 Å². The summed E-state index contributed by atoms with van der Waals surface area (Å²) in [6, 6.07) is 9.19. The molecule has 1 radical (unpaired) electrons. The lowest BCUT2D eigenvalue weighted by Crippen LogP contribution is -2.09. The lowest BCUT2D eigenvalue weighted by atomic mass is 10.0. The van der Waals surface area contributed by atoms with Crippen LogP contribution in [0, 0.1) is 6.07 Å². The zero-order chi connectivity index (χ0) is 8.81. The first-order valence-corrected chi connectivity index (χ1v) is 4.27.